The Labute approximate surface area is 83.3 Å². The van der Waals surface area contributed by atoms with Crippen molar-refractivity contribution in [1.29, 1.82) is 0 Å². The largest absolute Gasteiger partial charge is 0.314 e. The summed E-state index contributed by atoms with van der Waals surface area (Å²) in [7, 11) is 0. The first kappa shape index (κ1) is 11.0. The van der Waals surface area contributed by atoms with Crippen molar-refractivity contribution in [2.24, 2.45) is 11.3 Å². The Bertz CT molecular complexity index is 143. The van der Waals surface area contributed by atoms with Crippen LogP contribution in [-0.4, -0.2) is 12.6 Å². The van der Waals surface area contributed by atoms with E-state index in [4.69, 9.17) is 0 Å². The summed E-state index contributed by atoms with van der Waals surface area (Å²) in [6, 6.07) is 0.635. The van der Waals surface area contributed by atoms with Gasteiger partial charge in [-0.2, -0.15) is 0 Å². The van der Waals surface area contributed by atoms with E-state index < -0.39 is 0 Å². The van der Waals surface area contributed by atoms with Gasteiger partial charge in [0.15, 0.2) is 0 Å². The summed E-state index contributed by atoms with van der Waals surface area (Å²) < 4.78 is 0. The van der Waals surface area contributed by atoms with Crippen molar-refractivity contribution in [1.82, 2.24) is 5.32 Å². The second kappa shape index (κ2) is 4.45. The van der Waals surface area contributed by atoms with E-state index in [1.807, 2.05) is 0 Å². The summed E-state index contributed by atoms with van der Waals surface area (Å²) in [5.74, 6) is 1.02. The van der Waals surface area contributed by atoms with Crippen LogP contribution < -0.4 is 5.32 Å². The number of hydrogen-bond donors (Lipinski definition) is 1. The minimum absolute atomic E-state index is 0.615. The van der Waals surface area contributed by atoms with Crippen LogP contribution in [0.15, 0.2) is 0 Å². The minimum Gasteiger partial charge on any atom is -0.314 e. The summed E-state index contributed by atoms with van der Waals surface area (Å²) in [6.45, 7) is 10.4. The van der Waals surface area contributed by atoms with Crippen LogP contribution in [0.3, 0.4) is 0 Å². The molecule has 13 heavy (non-hydrogen) atoms. The normalized spacial score (nSPS) is 18.2. The Morgan fingerprint density at radius 1 is 1.23 bits per heavy atom. The first-order chi connectivity index (χ1) is 6.14. The summed E-state index contributed by atoms with van der Waals surface area (Å²) in [5, 5.41) is 3.61. The average Bonchev–Trinajstić information content (AvgIpc) is 2.91. The fourth-order valence-electron chi connectivity index (χ4n) is 2.32. The highest BCUT2D eigenvalue weighted by molar-refractivity contribution is 4.94. The van der Waals surface area contributed by atoms with Crippen LogP contribution in [0.2, 0.25) is 0 Å². The van der Waals surface area contributed by atoms with E-state index in [9.17, 15) is 0 Å². The van der Waals surface area contributed by atoms with Gasteiger partial charge in [0, 0.05) is 12.6 Å². The third-order valence-corrected chi connectivity index (χ3v) is 3.71. The van der Waals surface area contributed by atoms with Gasteiger partial charge in [-0.3, -0.25) is 0 Å². The van der Waals surface area contributed by atoms with Gasteiger partial charge in [0.1, 0.15) is 0 Å². The zero-order chi connectivity index (χ0) is 9.90. The molecule has 78 valence electrons. The van der Waals surface area contributed by atoms with Crippen molar-refractivity contribution < 1.29 is 0 Å². The van der Waals surface area contributed by atoms with Gasteiger partial charge in [-0.25, -0.2) is 0 Å². The molecule has 0 atom stereocenters. The lowest BCUT2D eigenvalue weighted by molar-refractivity contribution is 0.201. The molecule has 1 N–H and O–H groups in total. The lowest BCUT2D eigenvalue weighted by Gasteiger charge is -2.33. The van der Waals surface area contributed by atoms with Gasteiger partial charge in [0.25, 0.3) is 0 Å². The summed E-state index contributed by atoms with van der Waals surface area (Å²) in [5.41, 5.74) is 0.615. The highest BCUT2D eigenvalue weighted by Crippen LogP contribution is 2.49. The molecule has 0 radical (unpaired) electrons. The topological polar surface area (TPSA) is 12.0 Å². The average molecular weight is 183 g/mol. The van der Waals surface area contributed by atoms with Crippen LogP contribution in [0.5, 0.6) is 0 Å². The van der Waals surface area contributed by atoms with Crippen molar-refractivity contribution >= 4 is 0 Å². The predicted molar refractivity (Wildman–Crippen MR) is 58.9 cm³/mol. The van der Waals surface area contributed by atoms with Crippen LogP contribution in [-0.2, 0) is 0 Å². The van der Waals surface area contributed by atoms with Crippen LogP contribution in [0.25, 0.3) is 0 Å². The van der Waals surface area contributed by atoms with Gasteiger partial charge in [-0.05, 0) is 37.0 Å². The molecule has 0 spiro atoms. The molecular formula is C12H25N. The van der Waals surface area contributed by atoms with Crippen molar-refractivity contribution in [3.8, 4) is 0 Å². The highest BCUT2D eigenvalue weighted by atomic mass is 14.9. The first-order valence-electron chi connectivity index (χ1n) is 5.88. The molecule has 0 aromatic rings. The molecule has 0 amide bonds. The molecule has 0 aromatic carbocycles. The van der Waals surface area contributed by atoms with Crippen molar-refractivity contribution in [2.75, 3.05) is 6.54 Å². The molecule has 0 saturated heterocycles. The van der Waals surface area contributed by atoms with Crippen molar-refractivity contribution in [3.63, 3.8) is 0 Å². The Kier molecular flexibility index (Phi) is 3.78. The SMILES string of the molecule is CCC(CC)(CNC(C)C)C1CC1. The smallest absolute Gasteiger partial charge is 0.00126 e. The van der Waals surface area contributed by atoms with Gasteiger partial charge in [0.2, 0.25) is 0 Å². The maximum Gasteiger partial charge on any atom is 0.00126 e. The molecule has 0 aliphatic heterocycles. The zero-order valence-electron chi connectivity index (χ0n) is 9.69. The third kappa shape index (κ3) is 2.70. The van der Waals surface area contributed by atoms with E-state index in [0.29, 0.717) is 11.5 Å². The maximum atomic E-state index is 3.61. The molecule has 1 aliphatic rings. The van der Waals surface area contributed by atoms with Crippen LogP contribution in [0, 0.1) is 11.3 Å². The van der Waals surface area contributed by atoms with E-state index in [-0.39, 0.29) is 0 Å². The molecular weight excluding hydrogens is 158 g/mol. The van der Waals surface area contributed by atoms with Gasteiger partial charge in [-0.15, -0.1) is 0 Å². The second-order valence-electron chi connectivity index (χ2n) is 4.88. The summed E-state index contributed by atoms with van der Waals surface area (Å²) in [6.07, 6.45) is 5.63. The molecule has 1 saturated carbocycles. The molecule has 0 aromatic heterocycles. The second-order valence-corrected chi connectivity index (χ2v) is 4.88. The highest BCUT2D eigenvalue weighted by Gasteiger charge is 2.41. The Hall–Kier alpha value is -0.0400. The lowest BCUT2D eigenvalue weighted by Crippen LogP contribution is -2.38. The van der Waals surface area contributed by atoms with E-state index in [1.165, 1.54) is 32.2 Å². The van der Waals surface area contributed by atoms with E-state index >= 15 is 0 Å². The zero-order valence-corrected chi connectivity index (χ0v) is 9.69. The van der Waals surface area contributed by atoms with Gasteiger partial charge < -0.3 is 5.32 Å². The van der Waals surface area contributed by atoms with Crippen LogP contribution in [0.4, 0.5) is 0 Å². The quantitative estimate of drug-likeness (QED) is 0.667. The monoisotopic (exact) mass is 183 g/mol. The molecule has 1 heteroatoms. The number of rotatable bonds is 6. The van der Waals surface area contributed by atoms with E-state index in [0.717, 1.165) is 5.92 Å². The maximum absolute atomic E-state index is 3.61. The lowest BCUT2D eigenvalue weighted by atomic mass is 9.77. The summed E-state index contributed by atoms with van der Waals surface area (Å²) in [4.78, 5) is 0. The van der Waals surface area contributed by atoms with Gasteiger partial charge in [0.05, 0.1) is 0 Å². The molecule has 1 aliphatic carbocycles. The number of nitrogens with one attached hydrogen (secondary N) is 1. The fraction of sp³-hybridized carbons (Fsp3) is 1.00. The predicted octanol–water partition coefficient (Wildman–Crippen LogP) is 3.20. The van der Waals surface area contributed by atoms with Crippen LogP contribution in [0.1, 0.15) is 53.4 Å². The molecule has 1 fully saturated rings. The minimum atomic E-state index is 0.615. The third-order valence-electron chi connectivity index (χ3n) is 3.71. The van der Waals surface area contributed by atoms with E-state index in [2.05, 4.69) is 33.0 Å². The molecule has 0 heterocycles. The first-order valence-corrected chi connectivity index (χ1v) is 5.88. The van der Waals surface area contributed by atoms with Crippen molar-refractivity contribution in [3.05, 3.63) is 0 Å². The molecule has 1 rings (SSSR count). The van der Waals surface area contributed by atoms with Gasteiger partial charge >= 0.3 is 0 Å². The molecule has 1 nitrogen and oxygen atoms in total. The number of hydrogen-bond acceptors (Lipinski definition) is 1. The Morgan fingerprint density at radius 3 is 2.08 bits per heavy atom. The Balaban J connectivity index is 2.44. The van der Waals surface area contributed by atoms with E-state index in [1.54, 1.807) is 0 Å². The molecule has 0 unspecified atom stereocenters. The Morgan fingerprint density at radius 2 is 1.77 bits per heavy atom. The van der Waals surface area contributed by atoms with Gasteiger partial charge in [-0.1, -0.05) is 27.7 Å². The molecule has 0 bridgehead atoms. The summed E-state index contributed by atoms with van der Waals surface area (Å²) >= 11 is 0. The fourth-order valence-corrected chi connectivity index (χ4v) is 2.32. The standard InChI is InChI=1S/C12H25N/c1-5-12(6-2,11-7-8-11)9-13-10(3)4/h10-11,13H,5-9H2,1-4H3. The van der Waals surface area contributed by atoms with Crippen LogP contribution >= 0.6 is 0 Å². The van der Waals surface area contributed by atoms with Crippen molar-refractivity contribution in [2.45, 2.75) is 59.4 Å².